The molecule has 0 aliphatic carbocycles. The number of anilines is 2. The number of carbonyl (C=O) groups excluding carboxylic acids is 1. The van der Waals surface area contributed by atoms with Crippen molar-refractivity contribution in [1.29, 1.82) is 0 Å². The molecule has 2 heterocycles. The molecule has 0 saturated carbocycles. The summed E-state index contributed by atoms with van der Waals surface area (Å²) >= 11 is 0. The predicted octanol–water partition coefficient (Wildman–Crippen LogP) is 4.47. The van der Waals surface area contributed by atoms with E-state index in [1.807, 2.05) is 36.4 Å². The molecule has 0 unspecified atom stereocenters. The molecule has 7 heteroatoms. The normalized spacial score (nSPS) is 16.9. The van der Waals surface area contributed by atoms with Crippen molar-refractivity contribution in [3.8, 4) is 11.5 Å². The third-order valence-corrected chi connectivity index (χ3v) is 6.31. The predicted molar refractivity (Wildman–Crippen MR) is 138 cm³/mol. The SMILES string of the molecule is COc1cc2c(cc1OC)/C(=C(/Nc1ccc(CN3CCOCC3)cc1)c1ccccc1)C(=O)N2. The molecule has 0 atom stereocenters. The number of fused-ring (bicyclic) bond motifs is 1. The number of benzene rings is 3. The summed E-state index contributed by atoms with van der Waals surface area (Å²) in [7, 11) is 3.17. The van der Waals surface area contributed by atoms with Crippen LogP contribution in [0, 0.1) is 0 Å². The Morgan fingerprint density at radius 1 is 0.971 bits per heavy atom. The van der Waals surface area contributed by atoms with Gasteiger partial charge in [0.05, 0.1) is 44.4 Å². The van der Waals surface area contributed by atoms with Gasteiger partial charge in [0.2, 0.25) is 0 Å². The molecule has 1 fully saturated rings. The quantitative estimate of drug-likeness (QED) is 0.496. The van der Waals surface area contributed by atoms with E-state index in [0.717, 1.165) is 55.4 Å². The van der Waals surface area contributed by atoms with Gasteiger partial charge < -0.3 is 24.8 Å². The van der Waals surface area contributed by atoms with Crippen LogP contribution in [0.5, 0.6) is 11.5 Å². The number of methoxy groups -OCH3 is 2. The van der Waals surface area contributed by atoms with Crippen molar-refractivity contribution in [3.63, 3.8) is 0 Å². The molecule has 0 radical (unpaired) electrons. The molecule has 1 saturated heterocycles. The van der Waals surface area contributed by atoms with E-state index in [9.17, 15) is 4.79 Å². The molecule has 35 heavy (non-hydrogen) atoms. The smallest absolute Gasteiger partial charge is 0.258 e. The molecule has 0 spiro atoms. The molecule has 0 aromatic heterocycles. The first kappa shape index (κ1) is 23.0. The summed E-state index contributed by atoms with van der Waals surface area (Å²) in [6.45, 7) is 4.37. The molecule has 3 aromatic carbocycles. The molecule has 7 nitrogen and oxygen atoms in total. The van der Waals surface area contributed by atoms with Gasteiger partial charge in [-0.25, -0.2) is 0 Å². The highest BCUT2D eigenvalue weighted by Gasteiger charge is 2.30. The van der Waals surface area contributed by atoms with Crippen LogP contribution in [0.4, 0.5) is 11.4 Å². The van der Waals surface area contributed by atoms with E-state index in [1.54, 1.807) is 20.3 Å². The van der Waals surface area contributed by atoms with Crippen molar-refractivity contribution in [2.45, 2.75) is 6.54 Å². The van der Waals surface area contributed by atoms with Crippen LogP contribution in [0.25, 0.3) is 11.3 Å². The lowest BCUT2D eigenvalue weighted by Gasteiger charge is -2.26. The summed E-state index contributed by atoms with van der Waals surface area (Å²) in [6.07, 6.45) is 0. The Morgan fingerprint density at radius 2 is 1.66 bits per heavy atom. The zero-order chi connectivity index (χ0) is 24.2. The number of amides is 1. The highest BCUT2D eigenvalue weighted by molar-refractivity contribution is 6.37. The largest absolute Gasteiger partial charge is 0.493 e. The lowest BCUT2D eigenvalue weighted by Crippen LogP contribution is -2.35. The van der Waals surface area contributed by atoms with Crippen LogP contribution in [0.2, 0.25) is 0 Å². The topological polar surface area (TPSA) is 72.1 Å². The average molecular weight is 472 g/mol. The van der Waals surface area contributed by atoms with Crippen molar-refractivity contribution in [3.05, 3.63) is 83.4 Å². The fourth-order valence-electron chi connectivity index (χ4n) is 4.48. The van der Waals surface area contributed by atoms with Gasteiger partial charge in [-0.2, -0.15) is 0 Å². The lowest BCUT2D eigenvalue weighted by molar-refractivity contribution is -0.110. The number of hydrogen-bond acceptors (Lipinski definition) is 6. The summed E-state index contributed by atoms with van der Waals surface area (Å²) < 4.78 is 16.4. The Balaban J connectivity index is 1.51. The van der Waals surface area contributed by atoms with Crippen molar-refractivity contribution >= 4 is 28.6 Å². The molecule has 180 valence electrons. The van der Waals surface area contributed by atoms with E-state index < -0.39 is 0 Å². The Morgan fingerprint density at radius 3 is 2.34 bits per heavy atom. The van der Waals surface area contributed by atoms with Crippen LogP contribution < -0.4 is 20.1 Å². The summed E-state index contributed by atoms with van der Waals surface area (Å²) in [6, 6.07) is 21.9. The minimum atomic E-state index is -0.175. The first-order valence-corrected chi connectivity index (χ1v) is 11.7. The number of ether oxygens (including phenoxy) is 3. The standard InChI is InChI=1S/C28H29N3O4/c1-33-24-16-22-23(17-25(24)34-2)30-28(32)26(22)27(20-6-4-3-5-7-20)29-21-10-8-19(9-11-21)18-31-12-14-35-15-13-31/h3-11,16-17,29H,12-15,18H2,1-2H3,(H,30,32)/b27-26-. The van der Waals surface area contributed by atoms with Crippen LogP contribution >= 0.6 is 0 Å². The van der Waals surface area contributed by atoms with Crippen LogP contribution in [0.1, 0.15) is 16.7 Å². The van der Waals surface area contributed by atoms with Crippen molar-refractivity contribution in [1.82, 2.24) is 4.90 Å². The summed E-state index contributed by atoms with van der Waals surface area (Å²) in [5, 5.41) is 6.49. The maximum Gasteiger partial charge on any atom is 0.258 e. The van der Waals surface area contributed by atoms with E-state index in [-0.39, 0.29) is 5.91 Å². The fraction of sp³-hybridized carbons (Fsp3) is 0.250. The van der Waals surface area contributed by atoms with E-state index >= 15 is 0 Å². The minimum Gasteiger partial charge on any atom is -0.493 e. The summed E-state index contributed by atoms with van der Waals surface area (Å²) in [4.78, 5) is 15.6. The van der Waals surface area contributed by atoms with E-state index in [4.69, 9.17) is 14.2 Å². The van der Waals surface area contributed by atoms with Gasteiger partial charge in [0.25, 0.3) is 5.91 Å². The highest BCUT2D eigenvalue weighted by atomic mass is 16.5. The van der Waals surface area contributed by atoms with Gasteiger partial charge in [0.15, 0.2) is 11.5 Å². The Bertz CT molecular complexity index is 1230. The van der Waals surface area contributed by atoms with Gasteiger partial charge in [0.1, 0.15) is 0 Å². The summed E-state index contributed by atoms with van der Waals surface area (Å²) in [5.41, 5.74) is 5.81. The number of morpholine rings is 1. The summed E-state index contributed by atoms with van der Waals surface area (Å²) in [5.74, 6) is 0.962. The van der Waals surface area contributed by atoms with Crippen molar-refractivity contribution in [2.24, 2.45) is 0 Å². The molecule has 2 aliphatic rings. The first-order valence-electron chi connectivity index (χ1n) is 11.7. The minimum absolute atomic E-state index is 0.175. The van der Waals surface area contributed by atoms with Crippen molar-refractivity contribution in [2.75, 3.05) is 51.2 Å². The van der Waals surface area contributed by atoms with E-state index in [1.165, 1.54) is 5.56 Å². The second-order valence-electron chi connectivity index (χ2n) is 8.53. The highest BCUT2D eigenvalue weighted by Crippen LogP contribution is 2.43. The number of nitrogens with one attached hydrogen (secondary N) is 2. The van der Waals surface area contributed by atoms with Gasteiger partial charge in [-0.1, -0.05) is 42.5 Å². The molecule has 3 aromatic rings. The molecule has 2 N–H and O–H groups in total. The third kappa shape index (κ3) is 4.87. The number of hydrogen-bond donors (Lipinski definition) is 2. The molecule has 1 amide bonds. The Labute approximate surface area is 205 Å². The van der Waals surface area contributed by atoms with E-state index in [0.29, 0.717) is 22.8 Å². The molecule has 5 rings (SSSR count). The monoisotopic (exact) mass is 471 g/mol. The van der Waals surface area contributed by atoms with Gasteiger partial charge in [-0.3, -0.25) is 9.69 Å². The van der Waals surface area contributed by atoms with Gasteiger partial charge in [-0.05, 0) is 29.3 Å². The van der Waals surface area contributed by atoms with Crippen molar-refractivity contribution < 1.29 is 19.0 Å². The maximum atomic E-state index is 13.2. The Hall–Kier alpha value is -3.81. The fourth-order valence-corrected chi connectivity index (χ4v) is 4.48. The maximum absolute atomic E-state index is 13.2. The third-order valence-electron chi connectivity index (χ3n) is 6.31. The van der Waals surface area contributed by atoms with Crippen LogP contribution in [-0.2, 0) is 16.1 Å². The van der Waals surface area contributed by atoms with Crippen LogP contribution in [-0.4, -0.2) is 51.3 Å². The van der Waals surface area contributed by atoms with Crippen LogP contribution in [0.15, 0.2) is 66.7 Å². The van der Waals surface area contributed by atoms with Crippen LogP contribution in [0.3, 0.4) is 0 Å². The molecule has 0 bridgehead atoms. The number of nitrogens with zero attached hydrogens (tertiary/aromatic N) is 1. The number of carbonyl (C=O) groups is 1. The van der Waals surface area contributed by atoms with Gasteiger partial charge >= 0.3 is 0 Å². The zero-order valence-electron chi connectivity index (χ0n) is 20.0. The van der Waals surface area contributed by atoms with Gasteiger partial charge in [0, 0.05) is 37.0 Å². The zero-order valence-corrected chi connectivity index (χ0v) is 20.0. The lowest BCUT2D eigenvalue weighted by atomic mass is 9.99. The number of rotatable bonds is 7. The average Bonchev–Trinajstić information content (AvgIpc) is 3.22. The van der Waals surface area contributed by atoms with E-state index in [2.05, 4.69) is 39.8 Å². The van der Waals surface area contributed by atoms with Gasteiger partial charge in [-0.15, -0.1) is 0 Å². The molecular formula is C28H29N3O4. The first-order chi connectivity index (χ1) is 17.2. The Kier molecular flexibility index (Phi) is 6.70. The molecule has 2 aliphatic heterocycles. The molecular weight excluding hydrogens is 442 g/mol. The second-order valence-corrected chi connectivity index (χ2v) is 8.53. The second kappa shape index (κ2) is 10.2.